The van der Waals surface area contributed by atoms with Crippen molar-refractivity contribution in [3.05, 3.63) is 79.2 Å². The van der Waals surface area contributed by atoms with Gasteiger partial charge in [0, 0.05) is 12.1 Å². The lowest BCUT2D eigenvalue weighted by Crippen LogP contribution is -2.40. The van der Waals surface area contributed by atoms with Gasteiger partial charge in [-0.3, -0.25) is 4.79 Å². The van der Waals surface area contributed by atoms with E-state index in [0.29, 0.717) is 24.0 Å². The van der Waals surface area contributed by atoms with E-state index in [4.69, 9.17) is 9.26 Å². The fourth-order valence-corrected chi connectivity index (χ4v) is 2.59. The fourth-order valence-electron chi connectivity index (χ4n) is 2.59. The molecule has 1 amide bonds. The number of amides is 1. The van der Waals surface area contributed by atoms with Crippen molar-refractivity contribution < 1.29 is 14.1 Å². The smallest absolute Gasteiger partial charge is 0.264 e. The Morgan fingerprint density at radius 2 is 1.85 bits per heavy atom. The van der Waals surface area contributed by atoms with Gasteiger partial charge in [0.15, 0.2) is 6.10 Å². The van der Waals surface area contributed by atoms with Crippen LogP contribution in [0.5, 0.6) is 5.75 Å². The molecule has 1 atom stereocenters. The van der Waals surface area contributed by atoms with E-state index < -0.39 is 6.10 Å². The topological polar surface area (TPSA) is 68.5 Å². The monoisotopic (exact) mass is 363 g/mol. The summed E-state index contributed by atoms with van der Waals surface area (Å²) in [6.45, 7) is 5.98. The average molecular weight is 363 g/mol. The van der Waals surface area contributed by atoms with Crippen molar-refractivity contribution in [3.63, 3.8) is 0 Å². The van der Waals surface area contributed by atoms with Gasteiger partial charge in [-0.15, -0.1) is 6.58 Å². The Balaban J connectivity index is 1.69. The van der Waals surface area contributed by atoms with Gasteiger partial charge in [0.25, 0.3) is 5.91 Å². The van der Waals surface area contributed by atoms with Crippen LogP contribution in [0, 0.1) is 0 Å². The average Bonchev–Trinajstić information content (AvgIpc) is 3.17. The fraction of sp³-hybridized carbons (Fsp3) is 0.190. The summed E-state index contributed by atoms with van der Waals surface area (Å²) in [7, 11) is 0. The Kier molecular flexibility index (Phi) is 5.99. The lowest BCUT2D eigenvalue weighted by Gasteiger charge is -2.23. The van der Waals surface area contributed by atoms with Crippen molar-refractivity contribution in [1.82, 2.24) is 15.0 Å². The molecular formula is C21H21N3O3. The first kappa shape index (κ1) is 18.4. The Labute approximate surface area is 158 Å². The molecule has 0 spiro atoms. The second kappa shape index (κ2) is 8.80. The van der Waals surface area contributed by atoms with Crippen molar-refractivity contribution in [2.24, 2.45) is 0 Å². The summed E-state index contributed by atoms with van der Waals surface area (Å²) in [5.41, 5.74) is 0.856. The first-order valence-corrected chi connectivity index (χ1v) is 8.66. The Morgan fingerprint density at radius 3 is 2.52 bits per heavy atom. The third-order valence-corrected chi connectivity index (χ3v) is 3.89. The molecule has 0 saturated carbocycles. The van der Waals surface area contributed by atoms with E-state index in [1.54, 1.807) is 17.9 Å². The highest BCUT2D eigenvalue weighted by atomic mass is 16.5. The van der Waals surface area contributed by atoms with Crippen LogP contribution in [0.1, 0.15) is 12.8 Å². The standard InChI is InChI=1S/C21H21N3O3/c1-3-14-24(21(25)16(2)26-18-12-8-5-9-13-18)15-19-22-20(23-27-19)17-10-6-4-7-11-17/h3-13,16H,1,14-15H2,2H3. The molecule has 0 N–H and O–H groups in total. The van der Waals surface area contributed by atoms with Gasteiger partial charge in [0.1, 0.15) is 12.3 Å². The van der Waals surface area contributed by atoms with Crippen LogP contribution >= 0.6 is 0 Å². The van der Waals surface area contributed by atoms with Gasteiger partial charge in [-0.2, -0.15) is 4.98 Å². The molecule has 0 aliphatic rings. The number of para-hydroxylation sites is 1. The number of hydrogen-bond acceptors (Lipinski definition) is 5. The quantitative estimate of drug-likeness (QED) is 0.571. The zero-order chi connectivity index (χ0) is 19.1. The number of benzene rings is 2. The molecule has 3 rings (SSSR count). The van der Waals surface area contributed by atoms with Gasteiger partial charge in [0.05, 0.1) is 0 Å². The molecule has 0 radical (unpaired) electrons. The van der Waals surface area contributed by atoms with Gasteiger partial charge < -0.3 is 14.2 Å². The maximum absolute atomic E-state index is 12.8. The highest BCUT2D eigenvalue weighted by Gasteiger charge is 2.23. The van der Waals surface area contributed by atoms with Crippen LogP contribution in [0.15, 0.2) is 77.8 Å². The molecule has 3 aromatic rings. The number of rotatable bonds is 8. The largest absolute Gasteiger partial charge is 0.481 e. The van der Waals surface area contributed by atoms with Crippen molar-refractivity contribution in [2.75, 3.05) is 6.54 Å². The first-order chi connectivity index (χ1) is 13.2. The summed E-state index contributed by atoms with van der Waals surface area (Å²) in [5.74, 6) is 1.31. The van der Waals surface area contributed by atoms with Crippen molar-refractivity contribution in [3.8, 4) is 17.1 Å². The van der Waals surface area contributed by atoms with Crippen molar-refractivity contribution >= 4 is 5.91 Å². The van der Waals surface area contributed by atoms with Crippen LogP contribution in [-0.2, 0) is 11.3 Å². The third kappa shape index (κ3) is 4.82. The SMILES string of the molecule is C=CCN(Cc1nc(-c2ccccc2)no1)C(=O)C(C)Oc1ccccc1. The highest BCUT2D eigenvalue weighted by Crippen LogP contribution is 2.17. The molecule has 0 aliphatic carbocycles. The molecule has 0 saturated heterocycles. The van der Waals surface area contributed by atoms with E-state index in [0.717, 1.165) is 5.56 Å². The number of ether oxygens (including phenoxy) is 1. The van der Waals surface area contributed by atoms with E-state index >= 15 is 0 Å². The predicted molar refractivity (Wildman–Crippen MR) is 102 cm³/mol. The highest BCUT2D eigenvalue weighted by molar-refractivity contribution is 5.81. The van der Waals surface area contributed by atoms with Crippen LogP contribution in [0.2, 0.25) is 0 Å². The molecule has 1 heterocycles. The predicted octanol–water partition coefficient (Wildman–Crippen LogP) is 3.72. The minimum Gasteiger partial charge on any atom is -0.481 e. The zero-order valence-corrected chi connectivity index (χ0v) is 15.1. The number of carbonyl (C=O) groups is 1. The Morgan fingerprint density at radius 1 is 1.19 bits per heavy atom. The van der Waals surface area contributed by atoms with E-state index in [9.17, 15) is 4.79 Å². The molecule has 138 valence electrons. The minimum absolute atomic E-state index is 0.182. The molecule has 1 unspecified atom stereocenters. The van der Waals surface area contributed by atoms with Crippen molar-refractivity contribution in [1.29, 1.82) is 0 Å². The summed E-state index contributed by atoms with van der Waals surface area (Å²) in [5, 5.41) is 3.99. The number of hydrogen-bond donors (Lipinski definition) is 0. The van der Waals surface area contributed by atoms with E-state index in [1.807, 2.05) is 60.7 Å². The van der Waals surface area contributed by atoms with E-state index in [1.165, 1.54) is 0 Å². The number of nitrogens with zero attached hydrogens (tertiary/aromatic N) is 3. The summed E-state index contributed by atoms with van der Waals surface area (Å²) < 4.78 is 11.0. The summed E-state index contributed by atoms with van der Waals surface area (Å²) in [6, 6.07) is 18.8. The zero-order valence-electron chi connectivity index (χ0n) is 15.1. The molecular weight excluding hydrogens is 342 g/mol. The normalized spacial score (nSPS) is 11.6. The third-order valence-electron chi connectivity index (χ3n) is 3.89. The molecule has 6 nitrogen and oxygen atoms in total. The van der Waals surface area contributed by atoms with Crippen LogP contribution < -0.4 is 4.74 Å². The summed E-state index contributed by atoms with van der Waals surface area (Å²) in [4.78, 5) is 18.7. The van der Waals surface area contributed by atoms with Gasteiger partial charge in [0.2, 0.25) is 11.7 Å². The second-order valence-electron chi connectivity index (χ2n) is 5.96. The second-order valence-corrected chi connectivity index (χ2v) is 5.96. The number of aromatic nitrogens is 2. The van der Waals surface area contributed by atoms with Gasteiger partial charge >= 0.3 is 0 Å². The van der Waals surface area contributed by atoms with Crippen LogP contribution in [0.4, 0.5) is 0 Å². The Hall–Kier alpha value is -3.41. The summed E-state index contributed by atoms with van der Waals surface area (Å²) in [6.07, 6.45) is 1.01. The lowest BCUT2D eigenvalue weighted by atomic mass is 10.2. The van der Waals surface area contributed by atoms with Crippen LogP contribution in [-0.4, -0.2) is 33.6 Å². The molecule has 6 heteroatoms. The maximum atomic E-state index is 12.8. The van der Waals surface area contributed by atoms with Gasteiger partial charge in [-0.25, -0.2) is 0 Å². The molecule has 0 fully saturated rings. The van der Waals surface area contributed by atoms with Crippen LogP contribution in [0.25, 0.3) is 11.4 Å². The molecule has 2 aromatic carbocycles. The lowest BCUT2D eigenvalue weighted by molar-refractivity contribution is -0.138. The number of carbonyl (C=O) groups excluding carboxylic acids is 1. The Bertz CT molecular complexity index is 878. The van der Waals surface area contributed by atoms with Gasteiger partial charge in [-0.1, -0.05) is 59.8 Å². The van der Waals surface area contributed by atoms with Crippen LogP contribution in [0.3, 0.4) is 0 Å². The van der Waals surface area contributed by atoms with E-state index in [-0.39, 0.29) is 12.5 Å². The summed E-state index contributed by atoms with van der Waals surface area (Å²) >= 11 is 0. The molecule has 1 aromatic heterocycles. The minimum atomic E-state index is -0.649. The van der Waals surface area contributed by atoms with Crippen molar-refractivity contribution in [2.45, 2.75) is 19.6 Å². The molecule has 0 aliphatic heterocycles. The molecule has 0 bridgehead atoms. The first-order valence-electron chi connectivity index (χ1n) is 8.66. The van der Waals surface area contributed by atoms with E-state index in [2.05, 4.69) is 16.7 Å². The maximum Gasteiger partial charge on any atom is 0.264 e. The molecule has 27 heavy (non-hydrogen) atoms. The van der Waals surface area contributed by atoms with Gasteiger partial charge in [-0.05, 0) is 19.1 Å².